The third kappa shape index (κ3) is 3.75. The van der Waals surface area contributed by atoms with Gasteiger partial charge in [0.15, 0.2) is 0 Å². The van der Waals surface area contributed by atoms with Crippen LogP contribution in [-0.4, -0.2) is 23.7 Å². The Labute approximate surface area is 102 Å². The second kappa shape index (κ2) is 6.25. The van der Waals surface area contributed by atoms with Gasteiger partial charge in [-0.25, -0.2) is 0 Å². The number of hydrogen-bond acceptors (Lipinski definition) is 3. The number of rotatable bonds is 5. The van der Waals surface area contributed by atoms with Gasteiger partial charge >= 0.3 is 0 Å². The Morgan fingerprint density at radius 2 is 2.24 bits per heavy atom. The molecular weight excluding hydrogens is 216 g/mol. The third-order valence-electron chi connectivity index (χ3n) is 2.69. The molecule has 1 atom stereocenters. The molecule has 1 unspecified atom stereocenters. The number of aryl methyl sites for hydroxylation is 1. The summed E-state index contributed by atoms with van der Waals surface area (Å²) in [6.07, 6.45) is 1.09. The molecule has 0 aliphatic carbocycles. The van der Waals surface area contributed by atoms with Gasteiger partial charge in [-0.2, -0.15) is 0 Å². The molecule has 0 saturated heterocycles. The molecule has 0 aliphatic rings. The molecule has 0 saturated carbocycles. The zero-order valence-corrected chi connectivity index (χ0v) is 10.4. The van der Waals surface area contributed by atoms with E-state index in [2.05, 4.69) is 5.32 Å². The topological polar surface area (TPSA) is 75.3 Å². The molecule has 4 heteroatoms. The zero-order chi connectivity index (χ0) is 12.8. The van der Waals surface area contributed by atoms with Crippen LogP contribution in [0.5, 0.6) is 0 Å². The van der Waals surface area contributed by atoms with Gasteiger partial charge in [0.25, 0.3) is 5.91 Å². The van der Waals surface area contributed by atoms with E-state index in [0.717, 1.165) is 12.0 Å². The first kappa shape index (κ1) is 13.5. The molecule has 1 amide bonds. The highest BCUT2D eigenvalue weighted by molar-refractivity contribution is 5.99. The van der Waals surface area contributed by atoms with Crippen molar-refractivity contribution in [2.24, 2.45) is 0 Å². The molecule has 1 rings (SSSR count). The van der Waals surface area contributed by atoms with Crippen molar-refractivity contribution in [2.75, 3.05) is 12.3 Å². The highest BCUT2D eigenvalue weighted by Crippen LogP contribution is 2.16. The smallest absolute Gasteiger partial charge is 0.253 e. The number of carbonyl (C=O) groups is 1. The number of aliphatic hydroxyl groups is 1. The van der Waals surface area contributed by atoms with Gasteiger partial charge in [-0.15, -0.1) is 0 Å². The fourth-order valence-corrected chi connectivity index (χ4v) is 1.62. The van der Waals surface area contributed by atoms with Gasteiger partial charge in [-0.05, 0) is 25.0 Å². The number of nitrogen functional groups attached to an aromatic ring is 1. The van der Waals surface area contributed by atoms with Gasteiger partial charge in [0.05, 0.1) is 11.7 Å². The van der Waals surface area contributed by atoms with Crippen LogP contribution in [-0.2, 0) is 0 Å². The molecule has 17 heavy (non-hydrogen) atoms. The minimum absolute atomic E-state index is 0.235. The minimum atomic E-state index is -0.491. The van der Waals surface area contributed by atoms with E-state index in [0.29, 0.717) is 17.7 Å². The van der Waals surface area contributed by atoms with Gasteiger partial charge in [-0.1, -0.05) is 25.5 Å². The summed E-state index contributed by atoms with van der Waals surface area (Å²) < 4.78 is 0. The first-order chi connectivity index (χ1) is 8.06. The van der Waals surface area contributed by atoms with Crippen LogP contribution in [0.1, 0.15) is 35.7 Å². The first-order valence-corrected chi connectivity index (χ1v) is 5.87. The number of nitrogens with one attached hydrogen (secondary N) is 1. The lowest BCUT2D eigenvalue weighted by molar-refractivity contribution is 0.0911. The SMILES string of the molecule is CCCC(O)CNC(=O)c1cccc(C)c1N. The van der Waals surface area contributed by atoms with E-state index in [4.69, 9.17) is 5.73 Å². The summed E-state index contributed by atoms with van der Waals surface area (Å²) in [5, 5.41) is 12.2. The summed E-state index contributed by atoms with van der Waals surface area (Å²) in [5.74, 6) is -0.235. The fraction of sp³-hybridized carbons (Fsp3) is 0.462. The maximum Gasteiger partial charge on any atom is 0.253 e. The van der Waals surface area contributed by atoms with E-state index in [1.807, 2.05) is 19.9 Å². The Bertz CT molecular complexity index is 391. The van der Waals surface area contributed by atoms with Crippen LogP contribution in [0.15, 0.2) is 18.2 Å². The zero-order valence-electron chi connectivity index (χ0n) is 10.4. The monoisotopic (exact) mass is 236 g/mol. The van der Waals surface area contributed by atoms with Crippen LogP contribution in [0.2, 0.25) is 0 Å². The van der Waals surface area contributed by atoms with E-state index in [9.17, 15) is 9.90 Å². The molecule has 0 aromatic heterocycles. The van der Waals surface area contributed by atoms with Crippen molar-refractivity contribution in [3.8, 4) is 0 Å². The summed E-state index contributed by atoms with van der Waals surface area (Å²) in [6.45, 7) is 4.11. The number of para-hydroxylation sites is 1. The van der Waals surface area contributed by atoms with Crippen molar-refractivity contribution in [1.29, 1.82) is 0 Å². The average molecular weight is 236 g/mol. The average Bonchev–Trinajstić information content (AvgIpc) is 2.30. The Balaban J connectivity index is 2.61. The van der Waals surface area contributed by atoms with E-state index < -0.39 is 6.10 Å². The number of nitrogens with two attached hydrogens (primary N) is 1. The second-order valence-corrected chi connectivity index (χ2v) is 4.19. The number of carbonyl (C=O) groups excluding carboxylic acids is 1. The molecule has 4 N–H and O–H groups in total. The van der Waals surface area contributed by atoms with E-state index in [1.165, 1.54) is 0 Å². The predicted molar refractivity (Wildman–Crippen MR) is 68.8 cm³/mol. The molecular formula is C13H20N2O2. The molecule has 1 aromatic carbocycles. The number of aliphatic hydroxyl groups excluding tert-OH is 1. The van der Waals surface area contributed by atoms with Crippen molar-refractivity contribution >= 4 is 11.6 Å². The molecule has 94 valence electrons. The number of benzene rings is 1. The van der Waals surface area contributed by atoms with Gasteiger partial charge in [0, 0.05) is 12.2 Å². The van der Waals surface area contributed by atoms with Crippen molar-refractivity contribution in [1.82, 2.24) is 5.32 Å². The molecule has 1 aromatic rings. The highest BCUT2D eigenvalue weighted by atomic mass is 16.3. The van der Waals surface area contributed by atoms with Crippen molar-refractivity contribution in [3.05, 3.63) is 29.3 Å². The Morgan fingerprint density at radius 1 is 1.53 bits per heavy atom. The lowest BCUT2D eigenvalue weighted by Crippen LogP contribution is -2.32. The fourth-order valence-electron chi connectivity index (χ4n) is 1.62. The van der Waals surface area contributed by atoms with Crippen LogP contribution in [0, 0.1) is 6.92 Å². The maximum absolute atomic E-state index is 11.8. The summed E-state index contributed by atoms with van der Waals surface area (Å²) in [7, 11) is 0. The van der Waals surface area contributed by atoms with Crippen LogP contribution in [0.3, 0.4) is 0 Å². The number of anilines is 1. The summed E-state index contributed by atoms with van der Waals surface area (Å²) in [5.41, 5.74) is 7.67. The second-order valence-electron chi connectivity index (χ2n) is 4.19. The van der Waals surface area contributed by atoms with Gasteiger partial charge in [0.2, 0.25) is 0 Å². The van der Waals surface area contributed by atoms with Gasteiger partial charge in [-0.3, -0.25) is 4.79 Å². The Kier molecular flexibility index (Phi) is 4.97. The quantitative estimate of drug-likeness (QED) is 0.678. The van der Waals surface area contributed by atoms with Crippen molar-refractivity contribution in [2.45, 2.75) is 32.8 Å². The molecule has 0 heterocycles. The van der Waals surface area contributed by atoms with Gasteiger partial charge < -0.3 is 16.2 Å². The standard InChI is InChI=1S/C13H20N2O2/c1-3-5-10(16)8-15-13(17)11-7-4-6-9(2)12(11)14/h4,6-7,10,16H,3,5,8,14H2,1-2H3,(H,15,17). The molecule has 0 bridgehead atoms. The lowest BCUT2D eigenvalue weighted by Gasteiger charge is -2.12. The van der Waals surface area contributed by atoms with E-state index in [1.54, 1.807) is 12.1 Å². The molecule has 0 fully saturated rings. The molecule has 0 spiro atoms. The first-order valence-electron chi connectivity index (χ1n) is 5.87. The maximum atomic E-state index is 11.8. The molecule has 0 aliphatic heterocycles. The summed E-state index contributed by atoms with van der Waals surface area (Å²) in [6, 6.07) is 5.34. The van der Waals surface area contributed by atoms with E-state index >= 15 is 0 Å². The van der Waals surface area contributed by atoms with Crippen molar-refractivity contribution in [3.63, 3.8) is 0 Å². The largest absolute Gasteiger partial charge is 0.398 e. The van der Waals surface area contributed by atoms with Gasteiger partial charge in [0.1, 0.15) is 0 Å². The van der Waals surface area contributed by atoms with Crippen molar-refractivity contribution < 1.29 is 9.90 Å². The van der Waals surface area contributed by atoms with Crippen LogP contribution >= 0.6 is 0 Å². The van der Waals surface area contributed by atoms with Crippen LogP contribution in [0.25, 0.3) is 0 Å². The van der Waals surface area contributed by atoms with Crippen LogP contribution in [0.4, 0.5) is 5.69 Å². The van der Waals surface area contributed by atoms with E-state index in [-0.39, 0.29) is 12.5 Å². The molecule has 0 radical (unpaired) electrons. The van der Waals surface area contributed by atoms with Crippen LogP contribution < -0.4 is 11.1 Å². The Hall–Kier alpha value is -1.55. The number of amides is 1. The summed E-state index contributed by atoms with van der Waals surface area (Å²) in [4.78, 5) is 11.8. The Morgan fingerprint density at radius 3 is 2.88 bits per heavy atom. The predicted octanol–water partition coefficient (Wildman–Crippen LogP) is 1.47. The normalized spacial score (nSPS) is 12.2. The summed E-state index contributed by atoms with van der Waals surface area (Å²) >= 11 is 0. The number of hydrogen-bond donors (Lipinski definition) is 3. The highest BCUT2D eigenvalue weighted by Gasteiger charge is 2.11. The molecule has 4 nitrogen and oxygen atoms in total. The minimum Gasteiger partial charge on any atom is -0.398 e. The lowest BCUT2D eigenvalue weighted by atomic mass is 10.1. The third-order valence-corrected chi connectivity index (χ3v) is 2.69.